The number of nitrogens with zero attached hydrogens (tertiary/aromatic N) is 3. The summed E-state index contributed by atoms with van der Waals surface area (Å²) in [5.74, 6) is 0. The van der Waals surface area contributed by atoms with Gasteiger partial charge < -0.3 is 4.90 Å². The van der Waals surface area contributed by atoms with Gasteiger partial charge in [0.1, 0.15) is 17.7 Å². The zero-order valence-electron chi connectivity index (χ0n) is 11.5. The molecule has 1 rings (SSSR count). The molecule has 94 valence electrons. The summed E-state index contributed by atoms with van der Waals surface area (Å²) in [6.07, 6.45) is 7.76. The van der Waals surface area contributed by atoms with E-state index in [-0.39, 0.29) is 11.0 Å². The highest BCUT2D eigenvalue weighted by atomic mass is 15.0. The Labute approximate surface area is 109 Å². The van der Waals surface area contributed by atoms with E-state index in [1.807, 2.05) is 49.5 Å². The summed E-state index contributed by atoms with van der Waals surface area (Å²) >= 11 is 0. The van der Waals surface area contributed by atoms with E-state index in [4.69, 9.17) is 10.5 Å². The van der Waals surface area contributed by atoms with Crippen LogP contribution in [0, 0.1) is 28.1 Å². The highest BCUT2D eigenvalue weighted by Gasteiger charge is 2.26. The fourth-order valence-corrected chi connectivity index (χ4v) is 2.14. The predicted molar refractivity (Wildman–Crippen MR) is 72.2 cm³/mol. The maximum atomic E-state index is 8.97. The lowest BCUT2D eigenvalue weighted by Gasteiger charge is -2.30. The minimum Gasteiger partial charge on any atom is -0.383 e. The van der Waals surface area contributed by atoms with Crippen LogP contribution in [-0.4, -0.2) is 19.0 Å². The second-order valence-corrected chi connectivity index (χ2v) is 5.64. The van der Waals surface area contributed by atoms with Gasteiger partial charge in [0, 0.05) is 14.1 Å². The van der Waals surface area contributed by atoms with Crippen molar-refractivity contribution in [1.82, 2.24) is 4.90 Å². The van der Waals surface area contributed by atoms with Crippen LogP contribution in [0.3, 0.4) is 0 Å². The van der Waals surface area contributed by atoms with Gasteiger partial charge >= 0.3 is 0 Å². The van der Waals surface area contributed by atoms with Gasteiger partial charge in [0.2, 0.25) is 0 Å². The highest BCUT2D eigenvalue weighted by Crippen LogP contribution is 2.39. The molecule has 0 spiro atoms. The fourth-order valence-electron chi connectivity index (χ4n) is 2.14. The van der Waals surface area contributed by atoms with E-state index in [2.05, 4.69) is 13.8 Å². The Morgan fingerprint density at radius 1 is 1.28 bits per heavy atom. The SMILES string of the molecule is CN(C)/C=C/C1=CC(=C(C#N)C#N)CC(C)(C)C1. The third-order valence-electron chi connectivity index (χ3n) is 2.84. The Morgan fingerprint density at radius 2 is 1.89 bits per heavy atom. The molecule has 0 saturated carbocycles. The number of rotatable bonds is 2. The van der Waals surface area contributed by atoms with Crippen LogP contribution in [0.1, 0.15) is 26.7 Å². The van der Waals surface area contributed by atoms with Crippen LogP contribution < -0.4 is 0 Å². The van der Waals surface area contributed by atoms with Crippen molar-refractivity contribution in [1.29, 1.82) is 10.5 Å². The molecule has 0 amide bonds. The molecular weight excluding hydrogens is 222 g/mol. The fraction of sp³-hybridized carbons (Fsp3) is 0.467. The van der Waals surface area contributed by atoms with E-state index in [1.165, 1.54) is 0 Å². The molecule has 0 unspecified atom stereocenters. The predicted octanol–water partition coefficient (Wildman–Crippen LogP) is 3.15. The Hall–Kier alpha value is -2.00. The average Bonchev–Trinajstić information content (AvgIpc) is 2.26. The molecule has 0 atom stereocenters. The van der Waals surface area contributed by atoms with Gasteiger partial charge in [0.15, 0.2) is 0 Å². The number of hydrogen-bond acceptors (Lipinski definition) is 3. The van der Waals surface area contributed by atoms with E-state index in [0.29, 0.717) is 0 Å². The molecule has 0 saturated heterocycles. The summed E-state index contributed by atoms with van der Waals surface area (Å²) in [5.41, 5.74) is 2.35. The number of allylic oxidation sites excluding steroid dienone is 5. The number of hydrogen-bond donors (Lipinski definition) is 0. The topological polar surface area (TPSA) is 50.8 Å². The van der Waals surface area contributed by atoms with E-state index >= 15 is 0 Å². The first kappa shape index (κ1) is 14.1. The normalized spacial score (nSPS) is 17.9. The first-order valence-corrected chi connectivity index (χ1v) is 5.96. The minimum atomic E-state index is 0.0923. The lowest BCUT2D eigenvalue weighted by atomic mass is 9.74. The van der Waals surface area contributed by atoms with E-state index in [9.17, 15) is 0 Å². The lowest BCUT2D eigenvalue weighted by molar-refractivity contribution is 0.354. The molecule has 1 aliphatic carbocycles. The van der Waals surface area contributed by atoms with Crippen LogP contribution in [0.15, 0.2) is 35.1 Å². The molecule has 0 fully saturated rings. The van der Waals surface area contributed by atoms with Gasteiger partial charge in [-0.3, -0.25) is 0 Å². The smallest absolute Gasteiger partial charge is 0.132 e. The Bertz CT molecular complexity index is 475. The van der Waals surface area contributed by atoms with Gasteiger partial charge in [-0.25, -0.2) is 0 Å². The Morgan fingerprint density at radius 3 is 2.39 bits per heavy atom. The summed E-state index contributed by atoms with van der Waals surface area (Å²) in [6, 6.07) is 3.97. The number of nitriles is 2. The lowest BCUT2D eigenvalue weighted by Crippen LogP contribution is -2.17. The molecule has 0 N–H and O–H groups in total. The molecular formula is C15H19N3. The molecule has 0 aliphatic heterocycles. The molecule has 0 aromatic rings. The van der Waals surface area contributed by atoms with Crippen molar-refractivity contribution in [2.24, 2.45) is 5.41 Å². The Balaban J connectivity index is 3.17. The summed E-state index contributed by atoms with van der Waals surface area (Å²) in [6.45, 7) is 4.33. The molecule has 0 aromatic heterocycles. The molecule has 0 aromatic carbocycles. The van der Waals surface area contributed by atoms with Crippen LogP contribution in [-0.2, 0) is 0 Å². The summed E-state index contributed by atoms with van der Waals surface area (Å²) in [5, 5.41) is 17.9. The monoisotopic (exact) mass is 241 g/mol. The summed E-state index contributed by atoms with van der Waals surface area (Å²) in [4.78, 5) is 1.97. The van der Waals surface area contributed by atoms with Gasteiger partial charge in [0.05, 0.1) is 0 Å². The van der Waals surface area contributed by atoms with Gasteiger partial charge in [-0.2, -0.15) is 10.5 Å². The van der Waals surface area contributed by atoms with E-state index in [0.717, 1.165) is 24.0 Å². The molecule has 0 heterocycles. The summed E-state index contributed by atoms with van der Waals surface area (Å²) in [7, 11) is 3.94. The van der Waals surface area contributed by atoms with Gasteiger partial charge in [-0.05, 0) is 41.7 Å². The van der Waals surface area contributed by atoms with Crippen molar-refractivity contribution in [2.75, 3.05) is 14.1 Å². The quantitative estimate of drug-likeness (QED) is 0.698. The maximum Gasteiger partial charge on any atom is 0.132 e. The molecule has 3 heteroatoms. The molecule has 0 bridgehead atoms. The van der Waals surface area contributed by atoms with Crippen molar-refractivity contribution in [2.45, 2.75) is 26.7 Å². The van der Waals surface area contributed by atoms with Crippen molar-refractivity contribution in [3.63, 3.8) is 0 Å². The molecule has 3 nitrogen and oxygen atoms in total. The third-order valence-corrected chi connectivity index (χ3v) is 2.84. The van der Waals surface area contributed by atoms with Crippen molar-refractivity contribution in [3.8, 4) is 12.1 Å². The van der Waals surface area contributed by atoms with Crippen LogP contribution >= 0.6 is 0 Å². The molecule has 18 heavy (non-hydrogen) atoms. The van der Waals surface area contributed by atoms with Gasteiger partial charge in [-0.15, -0.1) is 0 Å². The van der Waals surface area contributed by atoms with Gasteiger partial charge in [-0.1, -0.05) is 19.9 Å². The van der Waals surface area contributed by atoms with Crippen LogP contribution in [0.5, 0.6) is 0 Å². The average molecular weight is 241 g/mol. The zero-order valence-corrected chi connectivity index (χ0v) is 11.5. The first-order chi connectivity index (χ1) is 8.38. The molecule has 1 aliphatic rings. The zero-order chi connectivity index (χ0) is 13.8. The van der Waals surface area contributed by atoms with E-state index < -0.39 is 0 Å². The maximum absolute atomic E-state index is 8.97. The van der Waals surface area contributed by atoms with Crippen LogP contribution in [0.25, 0.3) is 0 Å². The van der Waals surface area contributed by atoms with Crippen LogP contribution in [0.2, 0.25) is 0 Å². The van der Waals surface area contributed by atoms with Crippen LogP contribution in [0.4, 0.5) is 0 Å². The molecule has 0 radical (unpaired) electrons. The largest absolute Gasteiger partial charge is 0.383 e. The second-order valence-electron chi connectivity index (χ2n) is 5.64. The minimum absolute atomic E-state index is 0.0923. The second kappa shape index (κ2) is 5.56. The first-order valence-electron chi connectivity index (χ1n) is 5.96. The summed E-state index contributed by atoms with van der Waals surface area (Å²) < 4.78 is 0. The van der Waals surface area contributed by atoms with Gasteiger partial charge in [0.25, 0.3) is 0 Å². The van der Waals surface area contributed by atoms with E-state index in [1.54, 1.807) is 0 Å². The Kier molecular flexibility index (Phi) is 4.34. The van der Waals surface area contributed by atoms with Crippen molar-refractivity contribution >= 4 is 0 Å². The van der Waals surface area contributed by atoms with Crippen molar-refractivity contribution < 1.29 is 0 Å². The van der Waals surface area contributed by atoms with Crippen molar-refractivity contribution in [3.05, 3.63) is 35.1 Å². The third kappa shape index (κ3) is 3.79. The highest BCUT2D eigenvalue weighted by molar-refractivity contribution is 5.48. The standard InChI is InChI=1S/C15H19N3/c1-15(2)8-12(5-6-18(3)4)7-13(9-15)14(10-16)11-17/h5-7H,8-9H2,1-4H3/b6-5+.